The smallest absolute Gasteiger partial charge is 0.325 e. The van der Waals surface area contributed by atoms with Gasteiger partial charge in [0, 0.05) is 6.20 Å². The quantitative estimate of drug-likeness (QED) is 0.630. The van der Waals surface area contributed by atoms with Crippen LogP contribution in [0.25, 0.3) is 0 Å². The number of carbonyl (C=O) groups excluding carboxylic acids is 1. The van der Waals surface area contributed by atoms with Gasteiger partial charge in [-0.05, 0) is 19.1 Å². The molecule has 6 nitrogen and oxygen atoms in total. The maximum absolute atomic E-state index is 11.4. The fourth-order valence-corrected chi connectivity index (χ4v) is 0.937. The number of aliphatic carboxylic acids is 1. The van der Waals surface area contributed by atoms with Gasteiger partial charge in [-0.1, -0.05) is 0 Å². The van der Waals surface area contributed by atoms with Crippen LogP contribution in [0.15, 0.2) is 23.1 Å². The average Bonchev–Trinajstić information content (AvgIpc) is 2.18. The fraction of sp³-hybridized carbons (Fsp3) is 0.222. The third kappa shape index (κ3) is 2.67. The second-order valence-corrected chi connectivity index (χ2v) is 2.95. The number of nitrogens with one attached hydrogen (secondary N) is 2. The van der Waals surface area contributed by atoms with Gasteiger partial charge in [-0.3, -0.25) is 14.4 Å². The Hall–Kier alpha value is -2.11. The first-order valence-corrected chi connectivity index (χ1v) is 4.23. The molecule has 1 atom stereocenters. The lowest BCUT2D eigenvalue weighted by Crippen LogP contribution is -2.40. The van der Waals surface area contributed by atoms with Gasteiger partial charge in [0.1, 0.15) is 11.6 Å². The van der Waals surface area contributed by atoms with Gasteiger partial charge in [0.05, 0.1) is 0 Å². The van der Waals surface area contributed by atoms with Crippen LogP contribution < -0.4 is 10.9 Å². The molecule has 0 aliphatic heterocycles. The van der Waals surface area contributed by atoms with E-state index in [0.717, 1.165) is 0 Å². The lowest BCUT2D eigenvalue weighted by molar-refractivity contribution is -0.138. The van der Waals surface area contributed by atoms with E-state index < -0.39 is 23.5 Å². The van der Waals surface area contributed by atoms with E-state index >= 15 is 0 Å². The van der Waals surface area contributed by atoms with Gasteiger partial charge in [-0.25, -0.2) is 0 Å². The highest BCUT2D eigenvalue weighted by atomic mass is 16.4. The van der Waals surface area contributed by atoms with E-state index in [1.165, 1.54) is 25.3 Å². The fourth-order valence-electron chi connectivity index (χ4n) is 0.937. The summed E-state index contributed by atoms with van der Waals surface area (Å²) >= 11 is 0. The molecule has 0 aliphatic rings. The van der Waals surface area contributed by atoms with Crippen LogP contribution in [0, 0.1) is 0 Å². The topological polar surface area (TPSA) is 99.3 Å². The number of carboxylic acid groups (broad SMARTS) is 1. The zero-order valence-corrected chi connectivity index (χ0v) is 7.98. The molecule has 1 aromatic heterocycles. The lowest BCUT2D eigenvalue weighted by Gasteiger charge is -2.07. The Morgan fingerprint density at radius 1 is 1.53 bits per heavy atom. The Morgan fingerprint density at radius 3 is 2.73 bits per heavy atom. The molecule has 0 saturated heterocycles. The van der Waals surface area contributed by atoms with Gasteiger partial charge in [0.25, 0.3) is 11.5 Å². The Labute approximate surface area is 84.9 Å². The average molecular weight is 210 g/mol. The minimum Gasteiger partial charge on any atom is -0.480 e. The first kappa shape index (κ1) is 11.0. The van der Waals surface area contributed by atoms with Crippen molar-refractivity contribution in [3.05, 3.63) is 34.2 Å². The van der Waals surface area contributed by atoms with Crippen molar-refractivity contribution in [2.75, 3.05) is 0 Å². The van der Waals surface area contributed by atoms with Crippen molar-refractivity contribution in [1.29, 1.82) is 0 Å². The van der Waals surface area contributed by atoms with Gasteiger partial charge in [-0.2, -0.15) is 0 Å². The monoisotopic (exact) mass is 210 g/mol. The van der Waals surface area contributed by atoms with E-state index in [1.807, 2.05) is 0 Å². The number of rotatable bonds is 3. The van der Waals surface area contributed by atoms with Gasteiger partial charge in [-0.15, -0.1) is 0 Å². The van der Waals surface area contributed by atoms with E-state index in [1.54, 1.807) is 0 Å². The number of aromatic nitrogens is 1. The minimum atomic E-state index is -1.16. The van der Waals surface area contributed by atoms with E-state index in [0.29, 0.717) is 0 Å². The molecule has 0 fully saturated rings. The van der Waals surface area contributed by atoms with Crippen molar-refractivity contribution < 1.29 is 14.7 Å². The molecule has 1 heterocycles. The second kappa shape index (κ2) is 4.41. The maximum Gasteiger partial charge on any atom is 0.325 e. The van der Waals surface area contributed by atoms with Gasteiger partial charge in [0.2, 0.25) is 0 Å². The van der Waals surface area contributed by atoms with Crippen LogP contribution >= 0.6 is 0 Å². The Balaban J connectivity index is 2.83. The third-order valence-corrected chi connectivity index (χ3v) is 1.78. The number of carbonyl (C=O) groups is 2. The summed E-state index contributed by atoms with van der Waals surface area (Å²) < 4.78 is 0. The highest BCUT2D eigenvalue weighted by Crippen LogP contribution is 1.91. The van der Waals surface area contributed by atoms with Crippen molar-refractivity contribution >= 4 is 11.9 Å². The van der Waals surface area contributed by atoms with Crippen LogP contribution in [0.4, 0.5) is 0 Å². The minimum absolute atomic E-state index is 0.106. The molecule has 0 unspecified atom stereocenters. The Morgan fingerprint density at radius 2 is 2.20 bits per heavy atom. The Bertz CT molecular complexity index is 438. The molecule has 1 aromatic rings. The summed E-state index contributed by atoms with van der Waals surface area (Å²) in [5.74, 6) is -1.86. The third-order valence-electron chi connectivity index (χ3n) is 1.78. The van der Waals surface area contributed by atoms with Gasteiger partial charge >= 0.3 is 5.97 Å². The van der Waals surface area contributed by atoms with Crippen molar-refractivity contribution in [3.63, 3.8) is 0 Å². The van der Waals surface area contributed by atoms with Crippen LogP contribution in [-0.4, -0.2) is 28.0 Å². The molecule has 0 radical (unpaired) electrons. The number of aromatic amines is 1. The number of H-pyrrole nitrogens is 1. The summed E-state index contributed by atoms with van der Waals surface area (Å²) in [6, 6.07) is 1.78. The molecule has 0 aromatic carbocycles. The molecule has 1 rings (SSSR count). The predicted molar refractivity (Wildman–Crippen MR) is 51.6 cm³/mol. The van der Waals surface area contributed by atoms with Crippen molar-refractivity contribution in [2.24, 2.45) is 0 Å². The van der Waals surface area contributed by atoms with Crippen molar-refractivity contribution in [2.45, 2.75) is 13.0 Å². The first-order valence-electron chi connectivity index (χ1n) is 4.23. The number of amides is 1. The molecular weight excluding hydrogens is 200 g/mol. The van der Waals surface area contributed by atoms with Crippen LogP contribution in [0.1, 0.15) is 17.3 Å². The van der Waals surface area contributed by atoms with Crippen LogP contribution in [0.3, 0.4) is 0 Å². The number of hydrogen-bond donors (Lipinski definition) is 3. The molecule has 3 N–H and O–H groups in total. The van der Waals surface area contributed by atoms with E-state index in [-0.39, 0.29) is 5.56 Å². The first-order chi connectivity index (χ1) is 7.02. The van der Waals surface area contributed by atoms with Gasteiger partial charge in [0.15, 0.2) is 0 Å². The molecule has 80 valence electrons. The zero-order chi connectivity index (χ0) is 11.4. The summed E-state index contributed by atoms with van der Waals surface area (Å²) in [5.41, 5.74) is -0.654. The molecular formula is C9H10N2O4. The number of carboxylic acids is 1. The lowest BCUT2D eigenvalue weighted by atomic mass is 10.2. The van der Waals surface area contributed by atoms with Crippen LogP contribution in [-0.2, 0) is 4.79 Å². The van der Waals surface area contributed by atoms with Crippen molar-refractivity contribution in [3.8, 4) is 0 Å². The van der Waals surface area contributed by atoms with E-state index in [2.05, 4.69) is 10.3 Å². The highest BCUT2D eigenvalue weighted by Gasteiger charge is 2.16. The van der Waals surface area contributed by atoms with E-state index in [9.17, 15) is 14.4 Å². The summed E-state index contributed by atoms with van der Waals surface area (Å²) in [6.07, 6.45) is 1.39. The second-order valence-electron chi connectivity index (χ2n) is 2.95. The maximum atomic E-state index is 11.4. The molecule has 0 aliphatic carbocycles. The normalized spacial score (nSPS) is 11.8. The predicted octanol–water partition coefficient (Wildman–Crippen LogP) is -0.422. The highest BCUT2D eigenvalue weighted by molar-refractivity contribution is 5.96. The van der Waals surface area contributed by atoms with Crippen molar-refractivity contribution in [1.82, 2.24) is 10.3 Å². The number of pyridine rings is 1. The number of hydrogen-bond acceptors (Lipinski definition) is 3. The molecule has 15 heavy (non-hydrogen) atoms. The molecule has 0 saturated carbocycles. The van der Waals surface area contributed by atoms with E-state index in [4.69, 9.17) is 5.11 Å². The molecule has 1 amide bonds. The van der Waals surface area contributed by atoms with Gasteiger partial charge < -0.3 is 15.4 Å². The standard InChI is InChI=1S/C9H10N2O4/c1-5(9(14)15)11-8(13)6-3-2-4-10-7(6)12/h2-5H,1H3,(H,10,12)(H,11,13)(H,14,15)/t5-/m1/s1. The summed E-state index contributed by atoms with van der Waals surface area (Å²) in [5, 5.41) is 10.7. The molecule has 6 heteroatoms. The van der Waals surface area contributed by atoms with Crippen LogP contribution in [0.2, 0.25) is 0 Å². The van der Waals surface area contributed by atoms with Crippen LogP contribution in [0.5, 0.6) is 0 Å². The summed E-state index contributed by atoms with van der Waals surface area (Å²) in [4.78, 5) is 35.3. The Kier molecular flexibility index (Phi) is 3.22. The summed E-state index contributed by atoms with van der Waals surface area (Å²) in [7, 11) is 0. The SMILES string of the molecule is C[C@@H](NC(=O)c1ccc[nH]c1=O)C(=O)O. The molecule has 0 spiro atoms. The molecule has 0 bridgehead atoms. The zero-order valence-electron chi connectivity index (χ0n) is 7.98. The summed E-state index contributed by atoms with van der Waals surface area (Å²) in [6.45, 7) is 1.32. The largest absolute Gasteiger partial charge is 0.480 e.